The first kappa shape index (κ1) is 19.6. The summed E-state index contributed by atoms with van der Waals surface area (Å²) in [5, 5.41) is 5.21. The Labute approximate surface area is 164 Å². The van der Waals surface area contributed by atoms with Crippen LogP contribution in [0, 0.1) is 0 Å². The van der Waals surface area contributed by atoms with Crippen molar-refractivity contribution >= 4 is 17.8 Å². The Balaban J connectivity index is 1.51. The quantitative estimate of drug-likeness (QED) is 0.682. The van der Waals surface area contributed by atoms with Gasteiger partial charge >= 0.3 is 6.03 Å². The van der Waals surface area contributed by atoms with Crippen LogP contribution in [-0.4, -0.2) is 54.3 Å². The summed E-state index contributed by atoms with van der Waals surface area (Å²) < 4.78 is 0. The molecule has 4 amide bonds. The highest BCUT2D eigenvalue weighted by atomic mass is 16.2. The molecule has 0 aromatic heterocycles. The summed E-state index contributed by atoms with van der Waals surface area (Å²) in [6.45, 7) is 1.94. The predicted molar refractivity (Wildman–Crippen MR) is 105 cm³/mol. The van der Waals surface area contributed by atoms with Crippen LogP contribution in [0.15, 0.2) is 54.6 Å². The molecule has 0 bridgehead atoms. The second-order valence-electron chi connectivity index (χ2n) is 6.82. The van der Waals surface area contributed by atoms with E-state index in [1.807, 2.05) is 43.4 Å². The second-order valence-corrected chi connectivity index (χ2v) is 6.82. The summed E-state index contributed by atoms with van der Waals surface area (Å²) in [7, 11) is 2.04. The Morgan fingerprint density at radius 2 is 1.79 bits per heavy atom. The van der Waals surface area contributed by atoms with Crippen molar-refractivity contribution in [2.45, 2.75) is 13.1 Å². The topological polar surface area (TPSA) is 81.8 Å². The van der Waals surface area contributed by atoms with E-state index < -0.39 is 6.03 Å². The zero-order chi connectivity index (χ0) is 19.9. The summed E-state index contributed by atoms with van der Waals surface area (Å²) in [5.41, 5.74) is 2.84. The molecule has 2 aromatic rings. The van der Waals surface area contributed by atoms with Crippen LogP contribution in [-0.2, 0) is 17.9 Å². The molecule has 0 aliphatic carbocycles. The van der Waals surface area contributed by atoms with Crippen LogP contribution in [0.1, 0.15) is 21.5 Å². The molecule has 146 valence electrons. The zero-order valence-corrected chi connectivity index (χ0v) is 15.9. The van der Waals surface area contributed by atoms with Gasteiger partial charge in [0, 0.05) is 31.7 Å². The van der Waals surface area contributed by atoms with E-state index in [1.54, 1.807) is 6.07 Å². The van der Waals surface area contributed by atoms with Crippen molar-refractivity contribution in [2.75, 3.05) is 26.7 Å². The highest BCUT2D eigenvalue weighted by molar-refractivity contribution is 6.02. The average Bonchev–Trinajstić information content (AvgIpc) is 3.01. The largest absolute Gasteiger partial charge is 0.350 e. The van der Waals surface area contributed by atoms with Gasteiger partial charge in [0.1, 0.15) is 0 Å². The van der Waals surface area contributed by atoms with Crippen LogP contribution in [0.25, 0.3) is 0 Å². The Hall–Kier alpha value is -3.19. The Morgan fingerprint density at radius 3 is 2.50 bits per heavy atom. The van der Waals surface area contributed by atoms with E-state index in [4.69, 9.17) is 0 Å². The molecule has 7 nitrogen and oxygen atoms in total. The molecule has 2 aromatic carbocycles. The molecule has 1 saturated heterocycles. The molecule has 7 heteroatoms. The van der Waals surface area contributed by atoms with Gasteiger partial charge in [0.2, 0.25) is 5.91 Å². The lowest BCUT2D eigenvalue weighted by Gasteiger charge is -2.17. The minimum absolute atomic E-state index is 0.0192. The minimum Gasteiger partial charge on any atom is -0.350 e. The van der Waals surface area contributed by atoms with Crippen LogP contribution >= 0.6 is 0 Å². The normalized spacial score (nSPS) is 13.7. The number of hydrogen-bond donors (Lipinski definition) is 2. The van der Waals surface area contributed by atoms with Gasteiger partial charge in [-0.05, 0) is 30.3 Å². The van der Waals surface area contributed by atoms with Crippen molar-refractivity contribution in [3.8, 4) is 0 Å². The lowest BCUT2D eigenvalue weighted by molar-refractivity contribution is -0.124. The molecule has 0 atom stereocenters. The average molecular weight is 380 g/mol. The van der Waals surface area contributed by atoms with Crippen molar-refractivity contribution in [2.24, 2.45) is 0 Å². The summed E-state index contributed by atoms with van der Waals surface area (Å²) in [4.78, 5) is 38.7. The van der Waals surface area contributed by atoms with Crippen LogP contribution in [0.5, 0.6) is 0 Å². The molecule has 1 fully saturated rings. The van der Waals surface area contributed by atoms with Crippen molar-refractivity contribution in [3.05, 3.63) is 71.3 Å². The molecular weight excluding hydrogens is 356 g/mol. The number of benzene rings is 2. The highest BCUT2D eigenvalue weighted by Crippen LogP contribution is 2.10. The molecular formula is C21H24N4O3. The number of amides is 4. The molecule has 0 radical (unpaired) electrons. The number of nitrogens with zero attached hydrogens (tertiary/aromatic N) is 2. The van der Waals surface area contributed by atoms with E-state index in [9.17, 15) is 14.4 Å². The fourth-order valence-corrected chi connectivity index (χ4v) is 3.14. The summed E-state index contributed by atoms with van der Waals surface area (Å²) >= 11 is 0. The first-order valence-electron chi connectivity index (χ1n) is 9.21. The van der Waals surface area contributed by atoms with Crippen molar-refractivity contribution in [1.29, 1.82) is 0 Å². The second kappa shape index (κ2) is 9.14. The lowest BCUT2D eigenvalue weighted by Crippen LogP contribution is -2.38. The third-order valence-corrected chi connectivity index (χ3v) is 4.49. The number of carbonyl (C=O) groups is 3. The summed E-state index contributed by atoms with van der Waals surface area (Å²) in [6, 6.07) is 17.3. The Kier molecular flexibility index (Phi) is 6.39. The monoisotopic (exact) mass is 380 g/mol. The van der Waals surface area contributed by atoms with E-state index in [1.165, 1.54) is 5.56 Å². The first-order chi connectivity index (χ1) is 13.5. The third-order valence-electron chi connectivity index (χ3n) is 4.49. The first-order valence-corrected chi connectivity index (χ1v) is 9.21. The SMILES string of the molecule is CN(Cc1ccccc1)Cc1cccc(C(=O)NCCN2C(=O)CNC2=O)c1. The molecule has 0 saturated carbocycles. The molecule has 3 rings (SSSR count). The van der Waals surface area contributed by atoms with Crippen molar-refractivity contribution < 1.29 is 14.4 Å². The summed E-state index contributed by atoms with van der Waals surface area (Å²) in [5.74, 6) is -0.498. The van der Waals surface area contributed by atoms with E-state index in [-0.39, 0.29) is 31.4 Å². The number of carbonyl (C=O) groups excluding carboxylic acids is 3. The Bertz CT molecular complexity index is 838. The fourth-order valence-electron chi connectivity index (χ4n) is 3.14. The number of nitrogens with one attached hydrogen (secondary N) is 2. The number of urea groups is 1. The Morgan fingerprint density at radius 1 is 1.07 bits per heavy atom. The van der Waals surface area contributed by atoms with Gasteiger partial charge in [-0.15, -0.1) is 0 Å². The molecule has 0 unspecified atom stereocenters. The van der Waals surface area contributed by atoms with E-state index in [0.717, 1.165) is 23.6 Å². The van der Waals surface area contributed by atoms with E-state index in [2.05, 4.69) is 27.7 Å². The van der Waals surface area contributed by atoms with E-state index >= 15 is 0 Å². The number of hydrogen-bond acceptors (Lipinski definition) is 4. The van der Waals surface area contributed by atoms with Gasteiger partial charge in [-0.25, -0.2) is 4.79 Å². The van der Waals surface area contributed by atoms with Crippen molar-refractivity contribution in [1.82, 2.24) is 20.4 Å². The smallest absolute Gasteiger partial charge is 0.324 e. The molecule has 1 aliphatic rings. The maximum atomic E-state index is 12.4. The number of rotatable bonds is 8. The van der Waals surface area contributed by atoms with Gasteiger partial charge in [-0.2, -0.15) is 0 Å². The maximum absolute atomic E-state index is 12.4. The fraction of sp³-hybridized carbons (Fsp3) is 0.286. The molecule has 2 N–H and O–H groups in total. The van der Waals surface area contributed by atoms with Gasteiger partial charge < -0.3 is 10.6 Å². The van der Waals surface area contributed by atoms with Crippen molar-refractivity contribution in [3.63, 3.8) is 0 Å². The van der Waals surface area contributed by atoms with Crippen LogP contribution in [0.3, 0.4) is 0 Å². The van der Waals surface area contributed by atoms with Crippen LogP contribution in [0.2, 0.25) is 0 Å². The molecule has 28 heavy (non-hydrogen) atoms. The van der Waals surface area contributed by atoms with Gasteiger partial charge in [-0.3, -0.25) is 19.4 Å². The molecule has 1 aliphatic heterocycles. The van der Waals surface area contributed by atoms with Crippen LogP contribution in [0.4, 0.5) is 4.79 Å². The molecule has 0 spiro atoms. The van der Waals surface area contributed by atoms with Gasteiger partial charge in [0.15, 0.2) is 0 Å². The van der Waals surface area contributed by atoms with E-state index in [0.29, 0.717) is 5.56 Å². The van der Waals surface area contributed by atoms with Crippen LogP contribution < -0.4 is 10.6 Å². The van der Waals surface area contributed by atoms with Gasteiger partial charge in [-0.1, -0.05) is 42.5 Å². The third kappa shape index (κ3) is 5.17. The minimum atomic E-state index is -0.414. The van der Waals surface area contributed by atoms with Gasteiger partial charge in [0.25, 0.3) is 5.91 Å². The summed E-state index contributed by atoms with van der Waals surface area (Å²) in [6.07, 6.45) is 0. The standard InChI is InChI=1S/C21H24N4O3/c1-24(14-16-6-3-2-4-7-16)15-17-8-5-9-18(12-17)20(27)22-10-11-25-19(26)13-23-21(25)28/h2-9,12H,10-11,13-15H2,1H3,(H,22,27)(H,23,28). The zero-order valence-electron chi connectivity index (χ0n) is 15.9. The predicted octanol–water partition coefficient (Wildman–Crippen LogP) is 1.60. The van der Waals surface area contributed by atoms with Gasteiger partial charge in [0.05, 0.1) is 6.54 Å². The maximum Gasteiger partial charge on any atom is 0.324 e. The number of imide groups is 1. The molecule has 1 heterocycles. The highest BCUT2D eigenvalue weighted by Gasteiger charge is 2.27. The lowest BCUT2D eigenvalue weighted by atomic mass is 10.1.